The van der Waals surface area contributed by atoms with Crippen LogP contribution in [0.2, 0.25) is 0 Å². The molecule has 30 heavy (non-hydrogen) atoms. The van der Waals surface area contributed by atoms with E-state index in [4.69, 9.17) is 9.26 Å². The van der Waals surface area contributed by atoms with Crippen molar-refractivity contribution in [1.82, 2.24) is 15.0 Å². The zero-order valence-electron chi connectivity index (χ0n) is 16.3. The van der Waals surface area contributed by atoms with Crippen molar-refractivity contribution in [2.24, 2.45) is 0 Å². The quantitative estimate of drug-likeness (QED) is 0.657. The summed E-state index contributed by atoms with van der Waals surface area (Å²) in [5, 5.41) is 4.03. The number of aromatic nitrogens is 2. The fourth-order valence-electron chi connectivity index (χ4n) is 3.89. The van der Waals surface area contributed by atoms with E-state index in [1.54, 1.807) is 12.1 Å². The van der Waals surface area contributed by atoms with E-state index in [9.17, 15) is 9.18 Å². The first-order valence-electron chi connectivity index (χ1n) is 9.98. The number of hydrogen-bond acceptors (Lipinski definition) is 5. The molecule has 3 heterocycles. The molecule has 0 atom stereocenters. The number of piperidine rings is 1. The molecule has 1 fully saturated rings. The van der Waals surface area contributed by atoms with Crippen molar-refractivity contribution in [3.8, 4) is 17.1 Å². The minimum atomic E-state index is -0.304. The number of rotatable bonds is 3. The fraction of sp³-hybridized carbons (Fsp3) is 0.261. The first-order chi connectivity index (χ1) is 14.7. The van der Waals surface area contributed by atoms with Gasteiger partial charge in [0.05, 0.1) is 5.57 Å². The number of para-hydroxylation sites is 1. The van der Waals surface area contributed by atoms with Crippen molar-refractivity contribution in [3.05, 3.63) is 71.4 Å². The Morgan fingerprint density at radius 2 is 1.83 bits per heavy atom. The minimum Gasteiger partial charge on any atom is -0.488 e. The molecule has 3 aromatic rings. The highest BCUT2D eigenvalue weighted by atomic mass is 19.1. The molecule has 0 aliphatic carbocycles. The molecule has 2 aliphatic rings. The van der Waals surface area contributed by atoms with Gasteiger partial charge in [-0.3, -0.25) is 4.79 Å². The summed E-state index contributed by atoms with van der Waals surface area (Å²) in [6, 6.07) is 13.7. The second-order valence-electron chi connectivity index (χ2n) is 7.53. The van der Waals surface area contributed by atoms with Gasteiger partial charge in [-0.25, -0.2) is 4.39 Å². The molecule has 0 N–H and O–H groups in total. The van der Waals surface area contributed by atoms with Gasteiger partial charge in [0.15, 0.2) is 0 Å². The van der Waals surface area contributed by atoms with E-state index in [0.717, 1.165) is 24.2 Å². The lowest BCUT2D eigenvalue weighted by Gasteiger charge is -2.31. The predicted molar refractivity (Wildman–Crippen MR) is 108 cm³/mol. The lowest BCUT2D eigenvalue weighted by molar-refractivity contribution is -0.128. The standard InChI is InChI=1S/C23H20FN3O3/c24-19-7-5-15(6-8-19)21-25-22(30-26-21)16-9-11-27(12-10-16)23(28)18-13-17-3-1-2-4-20(17)29-14-18/h1-8,13,16H,9-12,14H2. The van der Waals surface area contributed by atoms with Crippen LogP contribution in [0, 0.1) is 5.82 Å². The molecule has 0 bridgehead atoms. The molecule has 0 radical (unpaired) electrons. The predicted octanol–water partition coefficient (Wildman–Crippen LogP) is 4.06. The molecule has 1 saturated heterocycles. The Kier molecular flexibility index (Phi) is 4.78. The average molecular weight is 405 g/mol. The number of hydrogen-bond donors (Lipinski definition) is 0. The zero-order chi connectivity index (χ0) is 20.5. The van der Waals surface area contributed by atoms with Crippen molar-refractivity contribution in [1.29, 1.82) is 0 Å². The number of ether oxygens (including phenoxy) is 1. The van der Waals surface area contributed by atoms with E-state index in [2.05, 4.69) is 10.1 Å². The Morgan fingerprint density at radius 3 is 2.63 bits per heavy atom. The number of nitrogens with zero attached hydrogens (tertiary/aromatic N) is 3. The summed E-state index contributed by atoms with van der Waals surface area (Å²) in [5.41, 5.74) is 2.31. The molecule has 7 heteroatoms. The number of fused-ring (bicyclic) bond motifs is 1. The molecule has 1 aromatic heterocycles. The maximum atomic E-state index is 13.1. The van der Waals surface area contributed by atoms with Crippen LogP contribution in [-0.2, 0) is 4.79 Å². The normalized spacial score (nSPS) is 16.6. The summed E-state index contributed by atoms with van der Waals surface area (Å²) in [6.07, 6.45) is 3.42. The molecule has 2 aromatic carbocycles. The number of amides is 1. The molecule has 0 saturated carbocycles. The zero-order valence-corrected chi connectivity index (χ0v) is 16.3. The van der Waals surface area contributed by atoms with Crippen LogP contribution in [0.25, 0.3) is 17.5 Å². The lowest BCUT2D eigenvalue weighted by atomic mass is 9.96. The van der Waals surface area contributed by atoms with Gasteiger partial charge >= 0.3 is 0 Å². The molecule has 5 rings (SSSR count). The number of halogens is 1. The first-order valence-corrected chi connectivity index (χ1v) is 9.98. The van der Waals surface area contributed by atoms with Crippen molar-refractivity contribution in [3.63, 3.8) is 0 Å². The Hall–Kier alpha value is -3.48. The highest BCUT2D eigenvalue weighted by Gasteiger charge is 2.30. The topological polar surface area (TPSA) is 68.5 Å². The van der Waals surface area contributed by atoms with E-state index in [0.29, 0.717) is 42.5 Å². The van der Waals surface area contributed by atoms with Gasteiger partial charge in [0, 0.05) is 30.1 Å². The average Bonchev–Trinajstić information content (AvgIpc) is 3.29. The summed E-state index contributed by atoms with van der Waals surface area (Å²) < 4.78 is 24.3. The molecule has 2 aliphatic heterocycles. The van der Waals surface area contributed by atoms with E-state index in [-0.39, 0.29) is 17.6 Å². The molecule has 152 valence electrons. The Balaban J connectivity index is 1.23. The van der Waals surface area contributed by atoms with Crippen LogP contribution in [0.3, 0.4) is 0 Å². The summed E-state index contributed by atoms with van der Waals surface area (Å²) >= 11 is 0. The second kappa shape index (κ2) is 7.74. The number of likely N-dealkylation sites (tertiary alicyclic amines) is 1. The molecule has 0 unspecified atom stereocenters. The van der Waals surface area contributed by atoms with Crippen LogP contribution in [-0.4, -0.2) is 40.6 Å². The number of benzene rings is 2. The third-order valence-electron chi connectivity index (χ3n) is 5.58. The Morgan fingerprint density at radius 1 is 1.07 bits per heavy atom. The van der Waals surface area contributed by atoms with Crippen molar-refractivity contribution in [2.75, 3.05) is 19.7 Å². The van der Waals surface area contributed by atoms with Crippen molar-refractivity contribution in [2.45, 2.75) is 18.8 Å². The minimum absolute atomic E-state index is 0.0143. The second-order valence-corrected chi connectivity index (χ2v) is 7.53. The van der Waals surface area contributed by atoms with Crippen LogP contribution < -0.4 is 4.74 Å². The van der Waals surface area contributed by atoms with Crippen LogP contribution in [0.5, 0.6) is 5.75 Å². The maximum absolute atomic E-state index is 13.1. The van der Waals surface area contributed by atoms with Crippen LogP contribution in [0.1, 0.15) is 30.2 Å². The Labute approximate surface area is 173 Å². The third kappa shape index (κ3) is 3.58. The van der Waals surface area contributed by atoms with Gasteiger partial charge in [0.2, 0.25) is 11.7 Å². The van der Waals surface area contributed by atoms with Gasteiger partial charge in [0.25, 0.3) is 5.91 Å². The number of carbonyl (C=O) groups excluding carboxylic acids is 1. The highest BCUT2D eigenvalue weighted by molar-refractivity contribution is 5.99. The SMILES string of the molecule is O=C(C1=Cc2ccccc2OC1)N1CCC(c2nc(-c3ccc(F)cc3)no2)CC1. The van der Waals surface area contributed by atoms with E-state index in [1.807, 2.05) is 35.2 Å². The van der Waals surface area contributed by atoms with E-state index < -0.39 is 0 Å². The van der Waals surface area contributed by atoms with Crippen LogP contribution in [0.4, 0.5) is 4.39 Å². The molecule has 6 nitrogen and oxygen atoms in total. The summed E-state index contributed by atoms with van der Waals surface area (Å²) in [5.74, 6) is 1.64. The monoisotopic (exact) mass is 405 g/mol. The molecular weight excluding hydrogens is 385 g/mol. The van der Waals surface area contributed by atoms with Crippen LogP contribution in [0.15, 0.2) is 58.6 Å². The van der Waals surface area contributed by atoms with Gasteiger partial charge in [-0.2, -0.15) is 4.98 Å². The smallest absolute Gasteiger partial charge is 0.253 e. The maximum Gasteiger partial charge on any atom is 0.253 e. The van der Waals surface area contributed by atoms with E-state index >= 15 is 0 Å². The van der Waals surface area contributed by atoms with Gasteiger partial charge in [-0.1, -0.05) is 23.4 Å². The highest BCUT2D eigenvalue weighted by Crippen LogP contribution is 2.31. The van der Waals surface area contributed by atoms with Crippen molar-refractivity contribution >= 4 is 12.0 Å². The van der Waals surface area contributed by atoms with Crippen molar-refractivity contribution < 1.29 is 18.4 Å². The number of carbonyl (C=O) groups is 1. The summed E-state index contributed by atoms with van der Waals surface area (Å²) in [4.78, 5) is 19.3. The van der Waals surface area contributed by atoms with Gasteiger partial charge in [0.1, 0.15) is 18.2 Å². The van der Waals surface area contributed by atoms with Gasteiger partial charge < -0.3 is 14.2 Å². The van der Waals surface area contributed by atoms with Gasteiger partial charge in [-0.05, 0) is 49.2 Å². The Bertz CT molecular complexity index is 1100. The van der Waals surface area contributed by atoms with Gasteiger partial charge in [-0.15, -0.1) is 0 Å². The largest absolute Gasteiger partial charge is 0.488 e. The molecule has 1 amide bonds. The van der Waals surface area contributed by atoms with Crippen LogP contribution >= 0.6 is 0 Å². The van der Waals surface area contributed by atoms with E-state index in [1.165, 1.54) is 12.1 Å². The molecular formula is C23H20FN3O3. The molecule has 0 spiro atoms. The fourth-order valence-corrected chi connectivity index (χ4v) is 3.89. The summed E-state index contributed by atoms with van der Waals surface area (Å²) in [6.45, 7) is 1.54. The lowest BCUT2D eigenvalue weighted by Crippen LogP contribution is -2.40. The first kappa shape index (κ1) is 18.5. The third-order valence-corrected chi connectivity index (χ3v) is 5.58. The summed E-state index contributed by atoms with van der Waals surface area (Å²) in [7, 11) is 0.